The van der Waals surface area contributed by atoms with Gasteiger partial charge in [0.2, 0.25) is 0 Å². The largest absolute Gasteiger partial charge is 0.486 e. The number of amides is 1. The number of nitrogens with one attached hydrogen (secondary N) is 1. The van der Waals surface area contributed by atoms with Crippen LogP contribution in [0, 0.1) is 6.92 Å². The number of carbonyl (C=O) groups is 1. The lowest BCUT2D eigenvalue weighted by Crippen LogP contribution is -2.13. The first kappa shape index (κ1) is 19.9. The van der Waals surface area contributed by atoms with Gasteiger partial charge in [0.05, 0.1) is 5.69 Å². The molecule has 0 saturated carbocycles. The Bertz CT molecular complexity index is 1060. The molecule has 7 heteroatoms. The highest BCUT2D eigenvalue weighted by Gasteiger charge is 2.17. The van der Waals surface area contributed by atoms with E-state index in [9.17, 15) is 13.6 Å². The van der Waals surface area contributed by atoms with Gasteiger partial charge in [-0.25, -0.2) is 0 Å². The second-order valence-electron chi connectivity index (χ2n) is 7.17. The molecule has 1 aromatic heterocycles. The lowest BCUT2D eigenvalue weighted by Gasteiger charge is -2.12. The van der Waals surface area contributed by atoms with Gasteiger partial charge in [-0.2, -0.15) is 8.78 Å². The Labute approximate surface area is 172 Å². The molecule has 3 aromatic rings. The third-order valence-electron chi connectivity index (χ3n) is 4.94. The molecule has 30 heavy (non-hydrogen) atoms. The molecule has 1 aliphatic carbocycles. The number of hydrogen-bond donors (Lipinski definition) is 1. The number of fused-ring (bicyclic) bond motifs is 1. The summed E-state index contributed by atoms with van der Waals surface area (Å²) < 4.78 is 41.0. The molecule has 0 bridgehead atoms. The van der Waals surface area contributed by atoms with Crippen molar-refractivity contribution >= 4 is 11.6 Å². The van der Waals surface area contributed by atoms with E-state index in [1.54, 1.807) is 25.1 Å². The molecule has 0 atom stereocenters. The molecular formula is C23H21F2NO4. The maximum atomic E-state index is 12.6. The van der Waals surface area contributed by atoms with Crippen molar-refractivity contribution in [2.45, 2.75) is 39.4 Å². The summed E-state index contributed by atoms with van der Waals surface area (Å²) in [4.78, 5) is 12.5. The molecule has 1 heterocycles. The fourth-order valence-corrected chi connectivity index (χ4v) is 3.49. The fourth-order valence-electron chi connectivity index (χ4n) is 3.49. The lowest BCUT2D eigenvalue weighted by molar-refractivity contribution is -0.0493. The Hall–Kier alpha value is -3.35. The van der Waals surface area contributed by atoms with Crippen LogP contribution in [0.25, 0.3) is 0 Å². The molecule has 5 nitrogen and oxygen atoms in total. The molecule has 0 unspecified atom stereocenters. The molecule has 0 aliphatic heterocycles. The molecule has 0 fully saturated rings. The number of ether oxygens (including phenoxy) is 2. The van der Waals surface area contributed by atoms with E-state index in [0.29, 0.717) is 5.76 Å². The first-order chi connectivity index (χ1) is 14.5. The summed E-state index contributed by atoms with van der Waals surface area (Å²) in [6.07, 6.45) is 3.34. The SMILES string of the molecule is Cc1ccc(OC(F)F)c(NC(=O)c2ccc(COc3ccc4c(c3)CCC4)o2)c1. The van der Waals surface area contributed by atoms with Crippen LogP contribution in [0.3, 0.4) is 0 Å². The second-order valence-corrected chi connectivity index (χ2v) is 7.17. The standard InChI is InChI=1S/C23H21F2NO4/c1-14-5-9-20(30-23(24)25)19(11-14)26-22(27)21-10-8-18(29-21)13-28-17-7-6-15-3-2-4-16(15)12-17/h5-12,23H,2-4,13H2,1H3,(H,26,27). The van der Waals surface area contributed by atoms with Gasteiger partial charge in [-0.1, -0.05) is 12.1 Å². The highest BCUT2D eigenvalue weighted by molar-refractivity contribution is 6.03. The zero-order chi connectivity index (χ0) is 21.1. The highest BCUT2D eigenvalue weighted by Crippen LogP contribution is 2.29. The van der Waals surface area contributed by atoms with E-state index in [4.69, 9.17) is 9.15 Å². The molecule has 4 rings (SSSR count). The van der Waals surface area contributed by atoms with Crippen LogP contribution in [0.5, 0.6) is 11.5 Å². The van der Waals surface area contributed by atoms with Crippen LogP contribution < -0.4 is 14.8 Å². The van der Waals surface area contributed by atoms with E-state index in [1.807, 2.05) is 12.1 Å². The van der Waals surface area contributed by atoms with Crippen molar-refractivity contribution in [2.24, 2.45) is 0 Å². The number of furan rings is 1. The van der Waals surface area contributed by atoms with E-state index < -0.39 is 12.5 Å². The van der Waals surface area contributed by atoms with Crippen LogP contribution in [0.4, 0.5) is 14.5 Å². The molecule has 1 aliphatic rings. The van der Waals surface area contributed by atoms with Crippen molar-refractivity contribution in [2.75, 3.05) is 5.32 Å². The summed E-state index contributed by atoms with van der Waals surface area (Å²) in [5.41, 5.74) is 3.61. The zero-order valence-corrected chi connectivity index (χ0v) is 16.4. The Balaban J connectivity index is 1.40. The number of aryl methyl sites for hydroxylation is 3. The summed E-state index contributed by atoms with van der Waals surface area (Å²) in [5.74, 6) is 0.603. The van der Waals surface area contributed by atoms with Gasteiger partial charge < -0.3 is 19.2 Å². The van der Waals surface area contributed by atoms with Gasteiger partial charge >= 0.3 is 6.61 Å². The third-order valence-corrected chi connectivity index (χ3v) is 4.94. The molecule has 1 N–H and O–H groups in total. The molecule has 156 valence electrons. The second kappa shape index (κ2) is 8.57. The summed E-state index contributed by atoms with van der Waals surface area (Å²) in [7, 11) is 0. The molecule has 0 saturated heterocycles. The highest BCUT2D eigenvalue weighted by atomic mass is 19.3. The minimum Gasteiger partial charge on any atom is -0.486 e. The van der Waals surface area contributed by atoms with Crippen molar-refractivity contribution in [1.82, 2.24) is 0 Å². The lowest BCUT2D eigenvalue weighted by atomic mass is 10.1. The summed E-state index contributed by atoms with van der Waals surface area (Å²) >= 11 is 0. The predicted molar refractivity (Wildman–Crippen MR) is 107 cm³/mol. The summed E-state index contributed by atoms with van der Waals surface area (Å²) in [5, 5.41) is 2.56. The first-order valence-electron chi connectivity index (χ1n) is 9.68. The van der Waals surface area contributed by atoms with Gasteiger partial charge in [-0.05, 0) is 79.3 Å². The van der Waals surface area contributed by atoms with Crippen LogP contribution >= 0.6 is 0 Å². The van der Waals surface area contributed by atoms with Crippen LogP contribution in [0.2, 0.25) is 0 Å². The van der Waals surface area contributed by atoms with E-state index in [2.05, 4.69) is 16.1 Å². The van der Waals surface area contributed by atoms with Gasteiger partial charge in [0.25, 0.3) is 5.91 Å². The quantitative estimate of drug-likeness (QED) is 0.555. The number of hydrogen-bond acceptors (Lipinski definition) is 4. The first-order valence-corrected chi connectivity index (χ1v) is 9.68. The van der Waals surface area contributed by atoms with Crippen LogP contribution in [-0.4, -0.2) is 12.5 Å². The topological polar surface area (TPSA) is 60.7 Å². The minimum absolute atomic E-state index is 0.0482. The molecule has 1 amide bonds. The monoisotopic (exact) mass is 413 g/mol. The number of carbonyl (C=O) groups excluding carboxylic acids is 1. The van der Waals surface area contributed by atoms with Crippen LogP contribution in [-0.2, 0) is 19.4 Å². The molecule has 0 radical (unpaired) electrons. The number of alkyl halides is 2. The van der Waals surface area contributed by atoms with Crippen molar-refractivity contribution in [1.29, 1.82) is 0 Å². The normalized spacial score (nSPS) is 12.7. The minimum atomic E-state index is -2.99. The van der Waals surface area contributed by atoms with Gasteiger partial charge in [0.15, 0.2) is 5.76 Å². The van der Waals surface area contributed by atoms with E-state index >= 15 is 0 Å². The third kappa shape index (κ3) is 4.62. The summed E-state index contributed by atoms with van der Waals surface area (Å²) in [6, 6.07) is 13.8. The maximum absolute atomic E-state index is 12.6. The Morgan fingerprint density at radius 3 is 2.77 bits per heavy atom. The van der Waals surface area contributed by atoms with Gasteiger partial charge in [0, 0.05) is 0 Å². The van der Waals surface area contributed by atoms with Crippen LogP contribution in [0.15, 0.2) is 52.9 Å². The average Bonchev–Trinajstić information content (AvgIpc) is 3.37. The van der Waals surface area contributed by atoms with E-state index in [-0.39, 0.29) is 23.8 Å². The van der Waals surface area contributed by atoms with Crippen molar-refractivity contribution in [3.8, 4) is 11.5 Å². The van der Waals surface area contributed by atoms with Crippen molar-refractivity contribution in [3.05, 3.63) is 76.7 Å². The van der Waals surface area contributed by atoms with Gasteiger partial charge in [-0.3, -0.25) is 4.79 Å². The average molecular weight is 413 g/mol. The van der Waals surface area contributed by atoms with Crippen molar-refractivity contribution in [3.63, 3.8) is 0 Å². The maximum Gasteiger partial charge on any atom is 0.387 e. The molecular weight excluding hydrogens is 392 g/mol. The number of halogens is 2. The van der Waals surface area contributed by atoms with Crippen LogP contribution in [0.1, 0.15) is 39.4 Å². The predicted octanol–water partition coefficient (Wildman–Crippen LogP) is 5.51. The number of benzene rings is 2. The zero-order valence-electron chi connectivity index (χ0n) is 16.4. The number of rotatable bonds is 7. The Morgan fingerprint density at radius 2 is 1.93 bits per heavy atom. The van der Waals surface area contributed by atoms with Crippen molar-refractivity contribution < 1.29 is 27.5 Å². The summed E-state index contributed by atoms with van der Waals surface area (Å²) in [6.45, 7) is -1.03. The van der Waals surface area contributed by atoms with Gasteiger partial charge in [-0.15, -0.1) is 0 Å². The Kier molecular flexibility index (Phi) is 5.70. The number of anilines is 1. The molecule has 0 spiro atoms. The molecule has 2 aromatic carbocycles. The van der Waals surface area contributed by atoms with Gasteiger partial charge in [0.1, 0.15) is 23.9 Å². The van der Waals surface area contributed by atoms with E-state index in [1.165, 1.54) is 29.7 Å². The van der Waals surface area contributed by atoms with E-state index in [0.717, 1.165) is 24.2 Å². The Morgan fingerprint density at radius 1 is 1.10 bits per heavy atom. The fraction of sp³-hybridized carbons (Fsp3) is 0.261. The smallest absolute Gasteiger partial charge is 0.387 e.